The Morgan fingerprint density at radius 1 is 1.37 bits per heavy atom. The van der Waals surface area contributed by atoms with Gasteiger partial charge in [-0.3, -0.25) is 4.79 Å². The van der Waals surface area contributed by atoms with Gasteiger partial charge in [-0.05, 0) is 12.1 Å². The zero-order chi connectivity index (χ0) is 13.4. The van der Waals surface area contributed by atoms with Crippen molar-refractivity contribution in [3.05, 3.63) is 29.6 Å². The molecular formula is C12H12F2N4O. The molecular weight excluding hydrogens is 254 g/mol. The lowest BCUT2D eigenvalue weighted by Crippen LogP contribution is -2.47. The molecule has 1 aliphatic heterocycles. The number of aromatic amines is 1. The maximum Gasteiger partial charge on any atom is 0.236 e. The molecule has 1 saturated heterocycles. The molecule has 0 atom stereocenters. The predicted molar refractivity (Wildman–Crippen MR) is 64.3 cm³/mol. The molecule has 0 saturated carbocycles. The second-order valence-electron chi connectivity index (χ2n) is 4.43. The highest BCUT2D eigenvalue weighted by molar-refractivity contribution is 5.79. The molecule has 7 heteroatoms. The first kappa shape index (κ1) is 12.0. The number of piperazine rings is 1. The minimum Gasteiger partial charge on any atom is -0.338 e. The summed E-state index contributed by atoms with van der Waals surface area (Å²) in [5.41, 5.74) is 0.397. The zero-order valence-electron chi connectivity index (χ0n) is 10.0. The maximum atomic E-state index is 13.5. The number of hydrogen-bond acceptors (Lipinski definition) is 3. The smallest absolute Gasteiger partial charge is 0.236 e. The van der Waals surface area contributed by atoms with Crippen molar-refractivity contribution in [1.29, 1.82) is 0 Å². The van der Waals surface area contributed by atoms with E-state index in [1.54, 1.807) is 4.90 Å². The summed E-state index contributed by atoms with van der Waals surface area (Å²) in [6.45, 7) is 1.86. The molecule has 1 fully saturated rings. The van der Waals surface area contributed by atoms with E-state index in [0.717, 1.165) is 12.6 Å². The summed E-state index contributed by atoms with van der Waals surface area (Å²) in [7, 11) is 0. The number of imidazole rings is 1. The average Bonchev–Trinajstić information content (AvgIpc) is 2.80. The maximum absolute atomic E-state index is 13.5. The standard InChI is InChI=1S/C12H12F2N4O/c13-7-1-2-8-12(11(7)14)17-9(16-8)6-18-4-3-15-5-10(18)19/h1-2,15H,3-6H2,(H,16,17). The van der Waals surface area contributed by atoms with E-state index in [1.807, 2.05) is 0 Å². The van der Waals surface area contributed by atoms with Crippen molar-refractivity contribution in [3.8, 4) is 0 Å². The van der Waals surface area contributed by atoms with Crippen LogP contribution in [0.15, 0.2) is 12.1 Å². The van der Waals surface area contributed by atoms with Gasteiger partial charge in [0.25, 0.3) is 0 Å². The Balaban J connectivity index is 1.89. The van der Waals surface area contributed by atoms with Crippen molar-refractivity contribution in [2.24, 2.45) is 0 Å². The molecule has 2 heterocycles. The van der Waals surface area contributed by atoms with Gasteiger partial charge in [0.1, 0.15) is 11.3 Å². The number of nitrogens with zero attached hydrogens (tertiary/aromatic N) is 2. The van der Waals surface area contributed by atoms with Gasteiger partial charge in [0.2, 0.25) is 5.91 Å². The number of carbonyl (C=O) groups is 1. The highest BCUT2D eigenvalue weighted by Gasteiger charge is 2.19. The van der Waals surface area contributed by atoms with E-state index < -0.39 is 11.6 Å². The van der Waals surface area contributed by atoms with Crippen LogP contribution >= 0.6 is 0 Å². The molecule has 3 rings (SSSR count). The molecule has 0 radical (unpaired) electrons. The molecule has 1 aromatic heterocycles. The number of carbonyl (C=O) groups excluding carboxylic acids is 1. The summed E-state index contributed by atoms with van der Waals surface area (Å²) >= 11 is 0. The molecule has 5 nitrogen and oxygen atoms in total. The Hall–Kier alpha value is -2.02. The Labute approximate surface area is 107 Å². The number of benzene rings is 1. The Morgan fingerprint density at radius 2 is 2.21 bits per heavy atom. The third-order valence-corrected chi connectivity index (χ3v) is 3.13. The number of H-pyrrole nitrogens is 1. The van der Waals surface area contributed by atoms with Gasteiger partial charge in [-0.15, -0.1) is 0 Å². The third kappa shape index (κ3) is 2.17. The van der Waals surface area contributed by atoms with E-state index in [4.69, 9.17) is 0 Å². The van der Waals surface area contributed by atoms with Crippen molar-refractivity contribution in [2.75, 3.05) is 19.6 Å². The first-order chi connectivity index (χ1) is 9.15. The van der Waals surface area contributed by atoms with Gasteiger partial charge in [-0.1, -0.05) is 0 Å². The molecule has 0 aliphatic carbocycles. The van der Waals surface area contributed by atoms with Crippen LogP contribution in [0.1, 0.15) is 5.82 Å². The SMILES string of the molecule is O=C1CNCCN1Cc1nc2ccc(F)c(F)c2[nH]1. The highest BCUT2D eigenvalue weighted by Crippen LogP contribution is 2.18. The summed E-state index contributed by atoms with van der Waals surface area (Å²) in [6, 6.07) is 2.45. The van der Waals surface area contributed by atoms with E-state index >= 15 is 0 Å². The summed E-state index contributed by atoms with van der Waals surface area (Å²) in [5, 5.41) is 2.96. The molecule has 19 heavy (non-hydrogen) atoms. The number of aromatic nitrogens is 2. The fourth-order valence-electron chi connectivity index (χ4n) is 2.14. The highest BCUT2D eigenvalue weighted by atomic mass is 19.2. The number of rotatable bonds is 2. The summed E-state index contributed by atoms with van der Waals surface area (Å²) in [4.78, 5) is 20.1. The van der Waals surface area contributed by atoms with Crippen LogP contribution in [0.5, 0.6) is 0 Å². The lowest BCUT2D eigenvalue weighted by atomic mass is 10.3. The third-order valence-electron chi connectivity index (χ3n) is 3.13. The van der Waals surface area contributed by atoms with Crippen molar-refractivity contribution in [2.45, 2.75) is 6.54 Å². The van der Waals surface area contributed by atoms with Crippen LogP contribution in [0.3, 0.4) is 0 Å². The molecule has 1 amide bonds. The van der Waals surface area contributed by atoms with Crippen molar-refractivity contribution < 1.29 is 13.6 Å². The number of nitrogens with one attached hydrogen (secondary N) is 2. The minimum atomic E-state index is -0.942. The fraction of sp³-hybridized carbons (Fsp3) is 0.333. The van der Waals surface area contributed by atoms with Crippen molar-refractivity contribution in [1.82, 2.24) is 20.2 Å². The van der Waals surface area contributed by atoms with Crippen molar-refractivity contribution in [3.63, 3.8) is 0 Å². The molecule has 1 aliphatic rings. The molecule has 2 N–H and O–H groups in total. The molecule has 1 aromatic carbocycles. The molecule has 100 valence electrons. The summed E-state index contributed by atoms with van der Waals surface area (Å²) in [5.74, 6) is -1.43. The lowest BCUT2D eigenvalue weighted by Gasteiger charge is -2.26. The zero-order valence-corrected chi connectivity index (χ0v) is 10.0. The second-order valence-corrected chi connectivity index (χ2v) is 4.43. The van der Waals surface area contributed by atoms with Gasteiger partial charge >= 0.3 is 0 Å². The Morgan fingerprint density at radius 3 is 3.00 bits per heavy atom. The monoisotopic (exact) mass is 266 g/mol. The van der Waals surface area contributed by atoms with E-state index in [-0.39, 0.29) is 18.0 Å². The molecule has 0 unspecified atom stereocenters. The second kappa shape index (κ2) is 4.58. The molecule has 0 spiro atoms. The van der Waals surface area contributed by atoms with Gasteiger partial charge in [0.05, 0.1) is 18.6 Å². The van der Waals surface area contributed by atoms with Crippen LogP contribution in [0, 0.1) is 11.6 Å². The van der Waals surface area contributed by atoms with Gasteiger partial charge in [0.15, 0.2) is 11.6 Å². The summed E-state index contributed by atoms with van der Waals surface area (Å²) < 4.78 is 26.6. The number of amides is 1. The normalized spacial score (nSPS) is 16.3. The van der Waals surface area contributed by atoms with E-state index in [0.29, 0.717) is 24.4 Å². The lowest BCUT2D eigenvalue weighted by molar-refractivity contribution is -0.132. The number of hydrogen-bond donors (Lipinski definition) is 2. The van der Waals surface area contributed by atoms with Crippen LogP contribution in [0.2, 0.25) is 0 Å². The van der Waals surface area contributed by atoms with Crippen molar-refractivity contribution >= 4 is 16.9 Å². The van der Waals surface area contributed by atoms with E-state index in [1.165, 1.54) is 6.07 Å². The van der Waals surface area contributed by atoms with Gasteiger partial charge in [-0.2, -0.15) is 0 Å². The average molecular weight is 266 g/mol. The largest absolute Gasteiger partial charge is 0.338 e. The quantitative estimate of drug-likeness (QED) is 0.844. The minimum absolute atomic E-state index is 0.0293. The van der Waals surface area contributed by atoms with E-state index in [2.05, 4.69) is 15.3 Å². The topological polar surface area (TPSA) is 61.0 Å². The Kier molecular flexibility index (Phi) is 2.90. The number of halogens is 2. The van der Waals surface area contributed by atoms with Crippen LogP contribution in [-0.2, 0) is 11.3 Å². The predicted octanol–water partition coefficient (Wildman–Crippen LogP) is 0.773. The van der Waals surface area contributed by atoms with E-state index in [9.17, 15) is 13.6 Å². The Bertz CT molecular complexity index is 640. The van der Waals surface area contributed by atoms with Crippen LogP contribution in [-0.4, -0.2) is 40.4 Å². The fourth-order valence-corrected chi connectivity index (χ4v) is 2.14. The van der Waals surface area contributed by atoms with Gasteiger partial charge in [0, 0.05) is 13.1 Å². The molecule has 2 aromatic rings. The summed E-state index contributed by atoms with van der Waals surface area (Å²) in [6.07, 6.45) is 0. The van der Waals surface area contributed by atoms with Crippen LogP contribution in [0.4, 0.5) is 8.78 Å². The number of fused-ring (bicyclic) bond motifs is 1. The van der Waals surface area contributed by atoms with Crippen LogP contribution < -0.4 is 5.32 Å². The first-order valence-corrected chi connectivity index (χ1v) is 5.96. The first-order valence-electron chi connectivity index (χ1n) is 5.96. The molecule has 0 bridgehead atoms. The van der Waals surface area contributed by atoms with Crippen LogP contribution in [0.25, 0.3) is 11.0 Å². The van der Waals surface area contributed by atoms with Gasteiger partial charge in [-0.25, -0.2) is 13.8 Å². The van der Waals surface area contributed by atoms with Gasteiger partial charge < -0.3 is 15.2 Å².